The molecule has 0 aliphatic rings. The maximum Gasteiger partial charge on any atom is 0.332 e. The van der Waals surface area contributed by atoms with Crippen LogP contribution in [0.3, 0.4) is 0 Å². The van der Waals surface area contributed by atoms with Crippen molar-refractivity contribution in [2.45, 2.75) is 13.5 Å². The number of aryl methyl sites for hydroxylation is 2. The van der Waals surface area contributed by atoms with Crippen molar-refractivity contribution in [2.24, 2.45) is 14.1 Å². The molecule has 0 unspecified atom stereocenters. The van der Waals surface area contributed by atoms with Crippen LogP contribution in [0, 0.1) is 0 Å². The van der Waals surface area contributed by atoms with Crippen molar-refractivity contribution in [3.05, 3.63) is 33.1 Å². The van der Waals surface area contributed by atoms with E-state index >= 15 is 0 Å². The number of fused-ring (bicyclic) bond motifs is 3. The molecule has 3 aromatic rings. The summed E-state index contributed by atoms with van der Waals surface area (Å²) >= 11 is 0. The van der Waals surface area contributed by atoms with E-state index in [2.05, 4.69) is 10.2 Å². The van der Waals surface area contributed by atoms with Gasteiger partial charge >= 0.3 is 5.69 Å². The van der Waals surface area contributed by atoms with Crippen molar-refractivity contribution in [1.82, 2.24) is 23.9 Å². The zero-order valence-corrected chi connectivity index (χ0v) is 10.9. The predicted molar refractivity (Wildman–Crippen MR) is 71.2 cm³/mol. The van der Waals surface area contributed by atoms with Crippen molar-refractivity contribution < 1.29 is 0 Å². The molecule has 0 amide bonds. The Hall–Kier alpha value is -2.44. The Kier molecular flexibility index (Phi) is 2.31. The molecule has 0 aliphatic carbocycles. The highest BCUT2D eigenvalue weighted by Crippen LogP contribution is 2.18. The number of hydrogen-bond acceptors (Lipinski definition) is 4. The van der Waals surface area contributed by atoms with E-state index in [0.717, 1.165) is 16.6 Å². The van der Waals surface area contributed by atoms with Gasteiger partial charge in [-0.05, 0) is 13.0 Å². The lowest BCUT2D eigenvalue weighted by Gasteiger charge is -2.08. The van der Waals surface area contributed by atoms with Gasteiger partial charge in [0.25, 0.3) is 5.56 Å². The van der Waals surface area contributed by atoms with Gasteiger partial charge < -0.3 is 4.57 Å². The standard InChI is InChI=1S/C12H13N5O2/c1-4-17-6-5-7-9(17)8-10(14-13-7)15(2)12(19)16(3)11(8)18/h5-6H,4H2,1-3H3. The van der Waals surface area contributed by atoms with E-state index in [4.69, 9.17) is 0 Å². The molecule has 3 rings (SSSR count). The van der Waals surface area contributed by atoms with Gasteiger partial charge in [0, 0.05) is 26.8 Å². The summed E-state index contributed by atoms with van der Waals surface area (Å²) in [7, 11) is 3.06. The largest absolute Gasteiger partial charge is 0.346 e. The quantitative estimate of drug-likeness (QED) is 0.616. The van der Waals surface area contributed by atoms with Crippen molar-refractivity contribution in [3.63, 3.8) is 0 Å². The van der Waals surface area contributed by atoms with Gasteiger partial charge in [0.1, 0.15) is 10.9 Å². The molecular weight excluding hydrogens is 246 g/mol. The molecular formula is C12H13N5O2. The van der Waals surface area contributed by atoms with E-state index in [9.17, 15) is 9.59 Å². The minimum atomic E-state index is -0.402. The molecule has 19 heavy (non-hydrogen) atoms. The van der Waals surface area contributed by atoms with E-state index in [1.165, 1.54) is 11.6 Å². The average Bonchev–Trinajstić information content (AvgIpc) is 2.84. The second kappa shape index (κ2) is 3.78. The molecule has 0 saturated heterocycles. The first-order valence-electron chi connectivity index (χ1n) is 5.97. The fourth-order valence-electron chi connectivity index (χ4n) is 2.34. The fourth-order valence-corrected chi connectivity index (χ4v) is 2.34. The normalized spacial score (nSPS) is 11.5. The first-order valence-corrected chi connectivity index (χ1v) is 5.97. The molecule has 7 heteroatoms. The average molecular weight is 259 g/mol. The Morgan fingerprint density at radius 1 is 1.16 bits per heavy atom. The zero-order chi connectivity index (χ0) is 13.7. The summed E-state index contributed by atoms with van der Waals surface area (Å²) in [5.74, 6) is 0. The summed E-state index contributed by atoms with van der Waals surface area (Å²) in [5, 5.41) is 8.51. The molecule has 0 N–H and O–H groups in total. The second-order valence-electron chi connectivity index (χ2n) is 4.44. The van der Waals surface area contributed by atoms with Gasteiger partial charge in [-0.15, -0.1) is 10.2 Å². The first kappa shape index (κ1) is 11.6. The van der Waals surface area contributed by atoms with Crippen LogP contribution in [0.2, 0.25) is 0 Å². The van der Waals surface area contributed by atoms with E-state index in [1.807, 2.05) is 23.8 Å². The van der Waals surface area contributed by atoms with Gasteiger partial charge in [0.15, 0.2) is 5.65 Å². The Bertz CT molecular complexity index is 916. The Balaban J connectivity index is 2.73. The molecule has 0 saturated carbocycles. The summed E-state index contributed by atoms with van der Waals surface area (Å²) in [6, 6.07) is 1.82. The molecule has 3 heterocycles. The SMILES string of the molecule is CCn1ccc2nnc3c(c(=O)n(C)c(=O)n3C)c21. The van der Waals surface area contributed by atoms with Crippen molar-refractivity contribution >= 4 is 22.1 Å². The third-order valence-corrected chi connectivity index (χ3v) is 3.41. The summed E-state index contributed by atoms with van der Waals surface area (Å²) in [6.07, 6.45) is 1.86. The van der Waals surface area contributed by atoms with Crippen LogP contribution in [0.25, 0.3) is 22.1 Å². The van der Waals surface area contributed by atoms with Gasteiger partial charge in [-0.25, -0.2) is 4.79 Å². The third kappa shape index (κ3) is 1.38. The Morgan fingerprint density at radius 2 is 1.89 bits per heavy atom. The molecule has 0 spiro atoms. The van der Waals surface area contributed by atoms with E-state index in [0.29, 0.717) is 16.6 Å². The van der Waals surface area contributed by atoms with E-state index in [1.54, 1.807) is 7.05 Å². The zero-order valence-electron chi connectivity index (χ0n) is 10.9. The molecule has 0 aliphatic heterocycles. The van der Waals surface area contributed by atoms with Crippen LogP contribution in [0.5, 0.6) is 0 Å². The van der Waals surface area contributed by atoms with Gasteiger partial charge in [-0.3, -0.25) is 13.9 Å². The molecule has 0 atom stereocenters. The highest BCUT2D eigenvalue weighted by Gasteiger charge is 2.16. The molecule has 7 nitrogen and oxygen atoms in total. The number of rotatable bonds is 1. The summed E-state index contributed by atoms with van der Waals surface area (Å²) in [4.78, 5) is 24.2. The first-order chi connectivity index (χ1) is 9.06. The molecule has 98 valence electrons. The predicted octanol–water partition coefficient (Wildman–Crippen LogP) is 0.00180. The molecule has 3 aromatic heterocycles. The lowest BCUT2D eigenvalue weighted by molar-refractivity contribution is 0.703. The monoisotopic (exact) mass is 259 g/mol. The summed E-state index contributed by atoms with van der Waals surface area (Å²) in [6.45, 7) is 2.70. The van der Waals surface area contributed by atoms with Crippen LogP contribution >= 0.6 is 0 Å². The second-order valence-corrected chi connectivity index (χ2v) is 4.44. The third-order valence-electron chi connectivity index (χ3n) is 3.41. The minimum Gasteiger partial charge on any atom is -0.346 e. The van der Waals surface area contributed by atoms with Gasteiger partial charge in [-0.1, -0.05) is 0 Å². The summed E-state index contributed by atoms with van der Waals surface area (Å²) in [5.41, 5.74) is 0.954. The van der Waals surface area contributed by atoms with Crippen LogP contribution < -0.4 is 11.2 Å². The maximum atomic E-state index is 12.3. The maximum absolute atomic E-state index is 12.3. The van der Waals surface area contributed by atoms with Crippen molar-refractivity contribution in [3.8, 4) is 0 Å². The van der Waals surface area contributed by atoms with Crippen LogP contribution in [0.15, 0.2) is 21.9 Å². The number of nitrogens with zero attached hydrogens (tertiary/aromatic N) is 5. The minimum absolute atomic E-state index is 0.314. The Morgan fingerprint density at radius 3 is 2.58 bits per heavy atom. The Labute approximate surface area is 107 Å². The van der Waals surface area contributed by atoms with E-state index < -0.39 is 5.69 Å². The van der Waals surface area contributed by atoms with Crippen LogP contribution in [-0.4, -0.2) is 23.9 Å². The molecule has 0 aromatic carbocycles. The van der Waals surface area contributed by atoms with Crippen LogP contribution in [0.4, 0.5) is 0 Å². The van der Waals surface area contributed by atoms with Crippen LogP contribution in [0.1, 0.15) is 6.92 Å². The molecule has 0 fully saturated rings. The van der Waals surface area contributed by atoms with Gasteiger partial charge in [-0.2, -0.15) is 0 Å². The number of aromatic nitrogens is 5. The topological polar surface area (TPSA) is 74.7 Å². The fraction of sp³-hybridized carbons (Fsp3) is 0.333. The highest BCUT2D eigenvalue weighted by molar-refractivity contribution is 5.99. The van der Waals surface area contributed by atoms with Gasteiger partial charge in [0.05, 0.1) is 5.52 Å². The van der Waals surface area contributed by atoms with Crippen molar-refractivity contribution in [2.75, 3.05) is 0 Å². The lowest BCUT2D eigenvalue weighted by Crippen LogP contribution is -2.37. The molecule has 0 bridgehead atoms. The number of hydrogen-bond donors (Lipinski definition) is 0. The van der Waals surface area contributed by atoms with Crippen LogP contribution in [-0.2, 0) is 20.6 Å². The smallest absolute Gasteiger partial charge is 0.332 e. The van der Waals surface area contributed by atoms with Gasteiger partial charge in [0.2, 0.25) is 0 Å². The van der Waals surface area contributed by atoms with Crippen molar-refractivity contribution in [1.29, 1.82) is 0 Å². The summed E-state index contributed by atoms with van der Waals surface area (Å²) < 4.78 is 4.37. The lowest BCUT2D eigenvalue weighted by atomic mass is 10.3. The molecule has 0 radical (unpaired) electrons. The highest BCUT2D eigenvalue weighted by atomic mass is 16.2. The van der Waals surface area contributed by atoms with E-state index in [-0.39, 0.29) is 5.56 Å².